The van der Waals surface area contributed by atoms with Crippen LogP contribution in [-0.2, 0) is 0 Å². The van der Waals surface area contributed by atoms with Gasteiger partial charge in [-0.2, -0.15) is 0 Å². The van der Waals surface area contributed by atoms with Crippen LogP contribution in [0.1, 0.15) is 11.1 Å². The van der Waals surface area contributed by atoms with E-state index in [4.69, 9.17) is 9.47 Å². The molecule has 2 heteroatoms. The molecule has 12 heavy (non-hydrogen) atoms. The minimum atomic E-state index is 0.662. The van der Waals surface area contributed by atoms with Gasteiger partial charge < -0.3 is 9.47 Å². The van der Waals surface area contributed by atoms with Crippen LogP contribution in [0.2, 0.25) is 0 Å². The van der Waals surface area contributed by atoms with E-state index in [2.05, 4.69) is 19.9 Å². The highest BCUT2D eigenvalue weighted by molar-refractivity contribution is 5.50. The van der Waals surface area contributed by atoms with Crippen LogP contribution in [0.25, 0.3) is 0 Å². The van der Waals surface area contributed by atoms with Crippen LogP contribution in [0.15, 0.2) is 12.1 Å². The summed E-state index contributed by atoms with van der Waals surface area (Å²) in [5, 5.41) is 0. The van der Waals surface area contributed by atoms with Gasteiger partial charge in [0, 0.05) is 0 Å². The lowest BCUT2D eigenvalue weighted by Gasteiger charge is -2.20. The van der Waals surface area contributed by atoms with E-state index >= 15 is 0 Å². The molecule has 0 aromatic heterocycles. The molecule has 0 aliphatic carbocycles. The monoisotopic (exact) mass is 164 g/mol. The zero-order chi connectivity index (χ0) is 8.55. The standard InChI is InChI=1S/C10H12O2/c1-7-3-4-9-10(8(7)2)12-6-5-11-9/h3-4H,5-6H2,1-2H3. The number of fused-ring (bicyclic) bond motifs is 1. The second-order valence-electron chi connectivity index (χ2n) is 3.03. The van der Waals surface area contributed by atoms with Gasteiger partial charge in [-0.1, -0.05) is 6.07 Å². The average molecular weight is 164 g/mol. The normalized spacial score (nSPS) is 14.5. The molecular weight excluding hydrogens is 152 g/mol. The van der Waals surface area contributed by atoms with Crippen molar-refractivity contribution in [3.63, 3.8) is 0 Å². The van der Waals surface area contributed by atoms with Crippen LogP contribution >= 0.6 is 0 Å². The first-order valence-corrected chi connectivity index (χ1v) is 4.15. The van der Waals surface area contributed by atoms with Crippen molar-refractivity contribution in [2.24, 2.45) is 0 Å². The quantitative estimate of drug-likeness (QED) is 0.584. The first-order valence-electron chi connectivity index (χ1n) is 4.15. The average Bonchev–Trinajstić information content (AvgIpc) is 2.12. The van der Waals surface area contributed by atoms with Gasteiger partial charge in [-0.05, 0) is 31.0 Å². The number of rotatable bonds is 0. The van der Waals surface area contributed by atoms with Crippen molar-refractivity contribution < 1.29 is 9.47 Å². The summed E-state index contributed by atoms with van der Waals surface area (Å²) in [6, 6.07) is 4.03. The van der Waals surface area contributed by atoms with Crippen molar-refractivity contribution in [3.8, 4) is 11.5 Å². The first kappa shape index (κ1) is 7.47. The van der Waals surface area contributed by atoms with Crippen molar-refractivity contribution in [2.75, 3.05) is 13.2 Å². The van der Waals surface area contributed by atoms with E-state index in [0.717, 1.165) is 11.5 Å². The lowest BCUT2D eigenvalue weighted by Crippen LogP contribution is -2.16. The summed E-state index contributed by atoms with van der Waals surface area (Å²) in [4.78, 5) is 0. The third kappa shape index (κ3) is 1.04. The highest BCUT2D eigenvalue weighted by Crippen LogP contribution is 2.34. The minimum Gasteiger partial charge on any atom is -0.486 e. The Labute approximate surface area is 72.1 Å². The Kier molecular flexibility index (Phi) is 1.68. The third-order valence-electron chi connectivity index (χ3n) is 2.23. The molecule has 1 aromatic carbocycles. The molecule has 0 unspecified atom stereocenters. The van der Waals surface area contributed by atoms with Crippen LogP contribution < -0.4 is 9.47 Å². The van der Waals surface area contributed by atoms with Gasteiger partial charge in [0.15, 0.2) is 11.5 Å². The summed E-state index contributed by atoms with van der Waals surface area (Å²) in [5.74, 6) is 1.80. The van der Waals surface area contributed by atoms with Gasteiger partial charge in [-0.25, -0.2) is 0 Å². The molecule has 0 spiro atoms. The van der Waals surface area contributed by atoms with Gasteiger partial charge in [0.25, 0.3) is 0 Å². The third-order valence-corrected chi connectivity index (χ3v) is 2.23. The second-order valence-corrected chi connectivity index (χ2v) is 3.03. The van der Waals surface area contributed by atoms with Crippen molar-refractivity contribution in [1.29, 1.82) is 0 Å². The first-order chi connectivity index (χ1) is 5.79. The fourth-order valence-electron chi connectivity index (χ4n) is 1.35. The molecule has 0 amide bonds. The molecule has 0 atom stereocenters. The Hall–Kier alpha value is -1.18. The molecule has 2 rings (SSSR count). The lowest BCUT2D eigenvalue weighted by atomic mass is 10.1. The van der Waals surface area contributed by atoms with Crippen LogP contribution in [-0.4, -0.2) is 13.2 Å². The largest absolute Gasteiger partial charge is 0.486 e. The Morgan fingerprint density at radius 3 is 2.67 bits per heavy atom. The Bertz CT molecular complexity index is 305. The van der Waals surface area contributed by atoms with Crippen LogP contribution in [0.4, 0.5) is 0 Å². The molecule has 1 heterocycles. The maximum absolute atomic E-state index is 5.51. The predicted octanol–water partition coefficient (Wildman–Crippen LogP) is 2.07. The molecule has 2 nitrogen and oxygen atoms in total. The SMILES string of the molecule is Cc1ccc2c(c1C)OCCO2. The summed E-state index contributed by atoms with van der Waals surface area (Å²) < 4.78 is 10.9. The van der Waals surface area contributed by atoms with Gasteiger partial charge in [-0.15, -0.1) is 0 Å². The molecule has 0 saturated carbocycles. The number of benzene rings is 1. The fraction of sp³-hybridized carbons (Fsp3) is 0.400. The Balaban J connectivity index is 2.54. The highest BCUT2D eigenvalue weighted by Gasteiger charge is 2.14. The van der Waals surface area contributed by atoms with E-state index in [-0.39, 0.29) is 0 Å². The molecule has 0 saturated heterocycles. The molecule has 0 radical (unpaired) electrons. The van der Waals surface area contributed by atoms with E-state index in [1.807, 2.05) is 6.07 Å². The molecule has 0 bridgehead atoms. The molecule has 1 aromatic rings. The summed E-state index contributed by atoms with van der Waals surface area (Å²) >= 11 is 0. The zero-order valence-electron chi connectivity index (χ0n) is 7.39. The van der Waals surface area contributed by atoms with Crippen LogP contribution in [0.5, 0.6) is 11.5 Å². The molecular formula is C10H12O2. The van der Waals surface area contributed by atoms with Crippen molar-refractivity contribution in [2.45, 2.75) is 13.8 Å². The maximum atomic E-state index is 5.51. The smallest absolute Gasteiger partial charge is 0.164 e. The van der Waals surface area contributed by atoms with E-state index < -0.39 is 0 Å². The van der Waals surface area contributed by atoms with Crippen molar-refractivity contribution >= 4 is 0 Å². The van der Waals surface area contributed by atoms with E-state index in [0.29, 0.717) is 13.2 Å². The number of hydrogen-bond acceptors (Lipinski definition) is 2. The predicted molar refractivity (Wildman–Crippen MR) is 46.9 cm³/mol. The number of ether oxygens (including phenoxy) is 2. The second kappa shape index (κ2) is 2.70. The van der Waals surface area contributed by atoms with Crippen LogP contribution in [0, 0.1) is 13.8 Å². The Morgan fingerprint density at radius 1 is 1.08 bits per heavy atom. The minimum absolute atomic E-state index is 0.662. The molecule has 1 aliphatic heterocycles. The van der Waals surface area contributed by atoms with Crippen molar-refractivity contribution in [1.82, 2.24) is 0 Å². The number of aryl methyl sites for hydroxylation is 1. The Morgan fingerprint density at radius 2 is 1.83 bits per heavy atom. The van der Waals surface area contributed by atoms with Crippen molar-refractivity contribution in [3.05, 3.63) is 23.3 Å². The zero-order valence-corrected chi connectivity index (χ0v) is 7.39. The number of hydrogen-bond donors (Lipinski definition) is 0. The fourth-order valence-corrected chi connectivity index (χ4v) is 1.35. The summed E-state index contributed by atoms with van der Waals surface area (Å²) in [7, 11) is 0. The van der Waals surface area contributed by atoms with Gasteiger partial charge in [0.2, 0.25) is 0 Å². The molecule has 0 fully saturated rings. The summed E-state index contributed by atoms with van der Waals surface area (Å²) in [6.07, 6.45) is 0. The molecule has 0 N–H and O–H groups in total. The van der Waals surface area contributed by atoms with Gasteiger partial charge >= 0.3 is 0 Å². The summed E-state index contributed by atoms with van der Waals surface area (Å²) in [5.41, 5.74) is 2.44. The van der Waals surface area contributed by atoms with Crippen LogP contribution in [0.3, 0.4) is 0 Å². The van der Waals surface area contributed by atoms with Gasteiger partial charge in [0.1, 0.15) is 13.2 Å². The molecule has 64 valence electrons. The van der Waals surface area contributed by atoms with E-state index in [1.54, 1.807) is 0 Å². The van der Waals surface area contributed by atoms with E-state index in [9.17, 15) is 0 Å². The topological polar surface area (TPSA) is 18.5 Å². The highest BCUT2D eigenvalue weighted by atomic mass is 16.6. The van der Waals surface area contributed by atoms with Gasteiger partial charge in [0.05, 0.1) is 0 Å². The summed E-state index contributed by atoms with van der Waals surface area (Å²) in [6.45, 7) is 5.46. The molecule has 1 aliphatic rings. The maximum Gasteiger partial charge on any atom is 0.164 e. The lowest BCUT2D eigenvalue weighted by molar-refractivity contribution is 0.170. The van der Waals surface area contributed by atoms with E-state index in [1.165, 1.54) is 11.1 Å². The van der Waals surface area contributed by atoms with Gasteiger partial charge in [-0.3, -0.25) is 0 Å².